The predicted molar refractivity (Wildman–Crippen MR) is 64.0 cm³/mol. The van der Waals surface area contributed by atoms with Crippen molar-refractivity contribution in [3.8, 4) is 0 Å². The van der Waals surface area contributed by atoms with Gasteiger partial charge in [0.1, 0.15) is 5.82 Å². The Morgan fingerprint density at radius 1 is 1.56 bits per heavy atom. The van der Waals surface area contributed by atoms with Gasteiger partial charge in [0, 0.05) is 19.3 Å². The number of anilines is 1. The minimum atomic E-state index is -3.23. The largest absolute Gasteiger partial charge is 0.348 e. The highest BCUT2D eigenvalue weighted by Crippen LogP contribution is 2.15. The molecule has 1 unspecified atom stereocenters. The van der Waals surface area contributed by atoms with Crippen LogP contribution in [0.1, 0.15) is 12.8 Å². The number of hydrogen-bond donors (Lipinski definition) is 2. The molecule has 0 aromatic carbocycles. The highest BCUT2D eigenvalue weighted by atomic mass is 32.2. The fraction of sp³-hybridized carbons (Fsp3) is 0.600. The lowest BCUT2D eigenvalue weighted by Gasteiger charge is -2.20. The third-order valence-electron chi connectivity index (χ3n) is 2.91. The van der Waals surface area contributed by atoms with Crippen LogP contribution < -0.4 is 9.62 Å². The second-order valence-electron chi connectivity index (χ2n) is 4.09. The second-order valence-corrected chi connectivity index (χ2v) is 6.14. The van der Waals surface area contributed by atoms with Crippen molar-refractivity contribution in [3.63, 3.8) is 0 Å². The summed E-state index contributed by atoms with van der Waals surface area (Å²) in [5, 5.41) is 3.20. The Morgan fingerprint density at radius 2 is 2.38 bits per heavy atom. The Balaban J connectivity index is 2.06. The van der Waals surface area contributed by atoms with E-state index in [1.165, 1.54) is 4.31 Å². The van der Waals surface area contributed by atoms with E-state index in [0.29, 0.717) is 5.82 Å². The minimum Gasteiger partial charge on any atom is -0.348 e. The standard InChI is InChI=1S/C10H17N3O2S/c1-13(10-5-3-7-12-10)16(14,15)8-9-4-2-6-11-9/h3,5,7,9,11-12H,2,4,6,8H2,1H3. The number of nitrogens with zero attached hydrogens (tertiary/aromatic N) is 1. The van der Waals surface area contributed by atoms with Crippen LogP contribution >= 0.6 is 0 Å². The molecule has 2 heterocycles. The fourth-order valence-electron chi connectivity index (χ4n) is 1.93. The number of nitrogens with one attached hydrogen (secondary N) is 2. The lowest BCUT2D eigenvalue weighted by atomic mass is 10.3. The molecule has 0 amide bonds. The van der Waals surface area contributed by atoms with E-state index in [2.05, 4.69) is 10.3 Å². The molecule has 1 saturated heterocycles. The smallest absolute Gasteiger partial charge is 0.237 e. The zero-order valence-corrected chi connectivity index (χ0v) is 10.1. The first-order valence-corrected chi connectivity index (χ1v) is 7.04. The van der Waals surface area contributed by atoms with Gasteiger partial charge in [-0.3, -0.25) is 4.31 Å². The van der Waals surface area contributed by atoms with E-state index in [1.54, 1.807) is 25.4 Å². The molecular formula is C10H17N3O2S. The van der Waals surface area contributed by atoms with E-state index in [9.17, 15) is 8.42 Å². The molecule has 16 heavy (non-hydrogen) atoms. The van der Waals surface area contributed by atoms with E-state index in [4.69, 9.17) is 0 Å². The molecule has 0 saturated carbocycles. The molecule has 0 bridgehead atoms. The van der Waals surface area contributed by atoms with E-state index in [1.807, 2.05) is 0 Å². The van der Waals surface area contributed by atoms with Crippen LogP contribution in [0.15, 0.2) is 18.3 Å². The molecule has 1 aromatic rings. The molecule has 0 radical (unpaired) electrons. The molecule has 5 nitrogen and oxygen atoms in total. The summed E-state index contributed by atoms with van der Waals surface area (Å²) in [6.07, 6.45) is 3.72. The van der Waals surface area contributed by atoms with Crippen molar-refractivity contribution in [2.24, 2.45) is 0 Å². The van der Waals surface area contributed by atoms with Crippen LogP contribution in [0.4, 0.5) is 5.82 Å². The van der Waals surface area contributed by atoms with Gasteiger partial charge in [-0.1, -0.05) is 0 Å². The SMILES string of the molecule is CN(c1ccc[nH]1)S(=O)(=O)CC1CCCN1. The summed E-state index contributed by atoms with van der Waals surface area (Å²) in [6, 6.07) is 3.64. The Morgan fingerprint density at radius 3 is 2.94 bits per heavy atom. The predicted octanol–water partition coefficient (Wildman–Crippen LogP) is 0.533. The van der Waals surface area contributed by atoms with Gasteiger partial charge < -0.3 is 10.3 Å². The van der Waals surface area contributed by atoms with Crippen molar-refractivity contribution in [1.82, 2.24) is 10.3 Å². The molecule has 1 fully saturated rings. The van der Waals surface area contributed by atoms with Gasteiger partial charge in [0.2, 0.25) is 10.0 Å². The zero-order valence-electron chi connectivity index (χ0n) is 9.31. The first kappa shape index (κ1) is 11.5. The van der Waals surface area contributed by atoms with E-state index in [0.717, 1.165) is 19.4 Å². The molecule has 0 spiro atoms. The number of H-pyrrole nitrogens is 1. The van der Waals surface area contributed by atoms with Crippen molar-refractivity contribution < 1.29 is 8.42 Å². The van der Waals surface area contributed by atoms with Crippen molar-refractivity contribution >= 4 is 15.8 Å². The maximum atomic E-state index is 12.1. The lowest BCUT2D eigenvalue weighted by molar-refractivity contribution is 0.575. The average molecular weight is 243 g/mol. The monoisotopic (exact) mass is 243 g/mol. The summed E-state index contributed by atoms with van der Waals surface area (Å²) in [5.74, 6) is 0.778. The molecule has 90 valence electrons. The third kappa shape index (κ3) is 2.38. The van der Waals surface area contributed by atoms with E-state index < -0.39 is 10.0 Å². The van der Waals surface area contributed by atoms with Crippen LogP contribution in [-0.2, 0) is 10.0 Å². The quantitative estimate of drug-likeness (QED) is 0.811. The first-order valence-electron chi connectivity index (χ1n) is 5.43. The normalized spacial score (nSPS) is 21.2. The van der Waals surface area contributed by atoms with Crippen LogP contribution in [0, 0.1) is 0 Å². The minimum absolute atomic E-state index is 0.0995. The summed E-state index contributed by atoms with van der Waals surface area (Å²) in [4.78, 5) is 2.89. The maximum absolute atomic E-state index is 12.1. The van der Waals surface area contributed by atoms with Crippen LogP contribution in [0.5, 0.6) is 0 Å². The fourth-order valence-corrected chi connectivity index (χ4v) is 3.36. The molecule has 0 aliphatic carbocycles. The molecule has 2 N–H and O–H groups in total. The molecule has 6 heteroatoms. The first-order chi connectivity index (χ1) is 7.59. The van der Waals surface area contributed by atoms with Gasteiger partial charge in [0.15, 0.2) is 0 Å². The van der Waals surface area contributed by atoms with Gasteiger partial charge in [0.05, 0.1) is 5.75 Å². The summed E-state index contributed by atoms with van der Waals surface area (Å²) < 4.78 is 25.4. The highest BCUT2D eigenvalue weighted by molar-refractivity contribution is 7.92. The van der Waals surface area contributed by atoms with Crippen molar-refractivity contribution in [2.45, 2.75) is 18.9 Å². The van der Waals surface area contributed by atoms with Crippen LogP contribution in [0.25, 0.3) is 0 Å². The number of sulfonamides is 1. The van der Waals surface area contributed by atoms with Crippen LogP contribution in [0.2, 0.25) is 0 Å². The number of aromatic amines is 1. The molecule has 1 aromatic heterocycles. The van der Waals surface area contributed by atoms with Gasteiger partial charge in [-0.25, -0.2) is 8.42 Å². The number of hydrogen-bond acceptors (Lipinski definition) is 3. The van der Waals surface area contributed by atoms with Crippen LogP contribution in [0.3, 0.4) is 0 Å². The Labute approximate surface area is 95.9 Å². The molecule has 1 aliphatic rings. The van der Waals surface area contributed by atoms with E-state index >= 15 is 0 Å². The average Bonchev–Trinajstić information content (AvgIpc) is 2.86. The topological polar surface area (TPSA) is 65.2 Å². The third-order valence-corrected chi connectivity index (χ3v) is 4.77. The molecule has 1 atom stereocenters. The summed E-state index contributed by atoms with van der Waals surface area (Å²) in [5.41, 5.74) is 0. The Bertz CT molecular complexity index is 421. The van der Waals surface area contributed by atoms with Crippen molar-refractivity contribution in [3.05, 3.63) is 18.3 Å². The van der Waals surface area contributed by atoms with Crippen molar-refractivity contribution in [2.75, 3.05) is 23.7 Å². The van der Waals surface area contributed by atoms with Gasteiger partial charge in [0.25, 0.3) is 0 Å². The molecule has 1 aliphatic heterocycles. The van der Waals surface area contributed by atoms with Gasteiger partial charge in [-0.15, -0.1) is 0 Å². The molecular weight excluding hydrogens is 226 g/mol. The Hall–Kier alpha value is -1.01. The summed E-state index contributed by atoms with van der Waals surface area (Å²) in [7, 11) is -1.65. The van der Waals surface area contributed by atoms with Crippen molar-refractivity contribution in [1.29, 1.82) is 0 Å². The number of rotatable bonds is 4. The maximum Gasteiger partial charge on any atom is 0.237 e. The Kier molecular flexibility index (Phi) is 3.20. The summed E-state index contributed by atoms with van der Waals surface area (Å²) >= 11 is 0. The lowest BCUT2D eigenvalue weighted by Crippen LogP contribution is -2.37. The van der Waals surface area contributed by atoms with Crippen LogP contribution in [-0.4, -0.2) is 38.8 Å². The zero-order chi connectivity index (χ0) is 11.6. The van der Waals surface area contributed by atoms with Gasteiger partial charge in [-0.2, -0.15) is 0 Å². The van der Waals surface area contributed by atoms with Gasteiger partial charge in [-0.05, 0) is 31.5 Å². The second kappa shape index (κ2) is 4.47. The summed E-state index contributed by atoms with van der Waals surface area (Å²) in [6.45, 7) is 0.923. The highest BCUT2D eigenvalue weighted by Gasteiger charge is 2.25. The van der Waals surface area contributed by atoms with Gasteiger partial charge >= 0.3 is 0 Å². The van der Waals surface area contributed by atoms with E-state index in [-0.39, 0.29) is 11.8 Å². The number of aromatic nitrogens is 1. The molecule has 2 rings (SSSR count).